The minimum absolute atomic E-state index is 0.374. The molecule has 0 aliphatic carbocycles. The highest BCUT2D eigenvalue weighted by Crippen LogP contribution is 2.30. The number of nitrogen functional groups attached to an aromatic ring is 1. The van der Waals surface area contributed by atoms with Gasteiger partial charge in [-0.15, -0.1) is 0 Å². The number of halogens is 1. The van der Waals surface area contributed by atoms with Crippen LogP contribution < -0.4 is 15.8 Å². The van der Waals surface area contributed by atoms with Gasteiger partial charge in [-0.2, -0.15) is 0 Å². The summed E-state index contributed by atoms with van der Waals surface area (Å²) in [6.45, 7) is 5.34. The standard InChI is InChI=1S/C16H18ClN3O3/c1-16(2,3)23-15(21)20-13-8-10(4-6-12(13)17)22-11-5-7-14(18)19-9-11/h4-9H,1-3H3,(H2,18,19)(H,20,21). The maximum atomic E-state index is 11.8. The number of hydrogen-bond donors (Lipinski definition) is 2. The smallest absolute Gasteiger partial charge is 0.412 e. The third-order valence-electron chi connectivity index (χ3n) is 2.57. The van der Waals surface area contributed by atoms with Gasteiger partial charge in [-0.3, -0.25) is 5.32 Å². The predicted octanol–water partition coefficient (Wildman–Crippen LogP) is 4.46. The minimum atomic E-state index is -0.597. The van der Waals surface area contributed by atoms with Gasteiger partial charge in [0.25, 0.3) is 0 Å². The quantitative estimate of drug-likeness (QED) is 0.864. The summed E-state index contributed by atoms with van der Waals surface area (Å²) in [6, 6.07) is 8.22. The fraction of sp³-hybridized carbons (Fsp3) is 0.250. The monoisotopic (exact) mass is 335 g/mol. The largest absolute Gasteiger partial charge is 0.456 e. The van der Waals surface area contributed by atoms with Gasteiger partial charge in [0.1, 0.15) is 22.9 Å². The molecule has 1 heterocycles. The molecular weight excluding hydrogens is 318 g/mol. The van der Waals surface area contributed by atoms with Crippen LogP contribution in [0, 0.1) is 0 Å². The van der Waals surface area contributed by atoms with E-state index in [1.165, 1.54) is 6.20 Å². The van der Waals surface area contributed by atoms with E-state index in [0.29, 0.717) is 28.0 Å². The van der Waals surface area contributed by atoms with Crippen molar-refractivity contribution in [3.63, 3.8) is 0 Å². The molecule has 23 heavy (non-hydrogen) atoms. The van der Waals surface area contributed by atoms with Gasteiger partial charge in [0.15, 0.2) is 0 Å². The summed E-state index contributed by atoms with van der Waals surface area (Å²) in [5, 5.41) is 2.97. The third-order valence-corrected chi connectivity index (χ3v) is 2.90. The summed E-state index contributed by atoms with van der Waals surface area (Å²) in [6.07, 6.45) is 0.913. The van der Waals surface area contributed by atoms with Crippen LogP contribution >= 0.6 is 11.6 Å². The van der Waals surface area contributed by atoms with E-state index in [2.05, 4.69) is 10.3 Å². The van der Waals surface area contributed by atoms with Gasteiger partial charge < -0.3 is 15.2 Å². The van der Waals surface area contributed by atoms with Crippen molar-refractivity contribution in [2.75, 3.05) is 11.1 Å². The van der Waals surface area contributed by atoms with Crippen LogP contribution in [0.5, 0.6) is 11.5 Å². The van der Waals surface area contributed by atoms with Gasteiger partial charge in [0, 0.05) is 6.07 Å². The second-order valence-corrected chi connectivity index (χ2v) is 6.20. The topological polar surface area (TPSA) is 86.5 Å². The molecule has 0 radical (unpaired) electrons. The number of carbonyl (C=O) groups excluding carboxylic acids is 1. The molecule has 0 spiro atoms. The number of rotatable bonds is 3. The number of aromatic nitrogens is 1. The number of benzene rings is 1. The van der Waals surface area contributed by atoms with Crippen molar-refractivity contribution in [1.82, 2.24) is 4.98 Å². The Labute approximate surface area is 139 Å². The lowest BCUT2D eigenvalue weighted by Gasteiger charge is -2.20. The lowest BCUT2D eigenvalue weighted by Crippen LogP contribution is -2.27. The Balaban J connectivity index is 2.12. The SMILES string of the molecule is CC(C)(C)OC(=O)Nc1cc(Oc2ccc(N)nc2)ccc1Cl. The highest BCUT2D eigenvalue weighted by molar-refractivity contribution is 6.33. The molecule has 0 saturated heterocycles. The van der Waals surface area contributed by atoms with Gasteiger partial charge in [0.05, 0.1) is 16.9 Å². The van der Waals surface area contributed by atoms with Crippen molar-refractivity contribution >= 4 is 29.2 Å². The first kappa shape index (κ1) is 16.9. The van der Waals surface area contributed by atoms with E-state index >= 15 is 0 Å². The number of nitrogens with zero attached hydrogens (tertiary/aromatic N) is 1. The molecule has 1 amide bonds. The van der Waals surface area contributed by atoms with Crippen molar-refractivity contribution in [3.05, 3.63) is 41.6 Å². The van der Waals surface area contributed by atoms with Crippen LogP contribution in [0.25, 0.3) is 0 Å². The molecule has 0 aliphatic heterocycles. The number of nitrogens with one attached hydrogen (secondary N) is 1. The maximum Gasteiger partial charge on any atom is 0.412 e. The van der Waals surface area contributed by atoms with Gasteiger partial charge in [-0.25, -0.2) is 9.78 Å². The number of anilines is 2. The zero-order valence-corrected chi connectivity index (χ0v) is 13.8. The molecule has 0 atom stereocenters. The predicted molar refractivity (Wildman–Crippen MR) is 90.0 cm³/mol. The van der Waals surface area contributed by atoms with Gasteiger partial charge in [0.2, 0.25) is 0 Å². The Morgan fingerprint density at radius 2 is 1.91 bits per heavy atom. The average molecular weight is 336 g/mol. The molecule has 7 heteroatoms. The molecular formula is C16H18ClN3O3. The Hall–Kier alpha value is -2.47. The minimum Gasteiger partial charge on any atom is -0.456 e. The molecule has 0 unspecified atom stereocenters. The fourth-order valence-corrected chi connectivity index (χ4v) is 1.83. The van der Waals surface area contributed by atoms with E-state index in [4.69, 9.17) is 26.8 Å². The van der Waals surface area contributed by atoms with Crippen molar-refractivity contribution in [2.45, 2.75) is 26.4 Å². The molecule has 0 bridgehead atoms. The van der Waals surface area contributed by atoms with Crippen LogP contribution in [-0.4, -0.2) is 16.7 Å². The lowest BCUT2D eigenvalue weighted by molar-refractivity contribution is 0.0636. The van der Waals surface area contributed by atoms with Gasteiger partial charge in [-0.05, 0) is 45.0 Å². The molecule has 1 aromatic carbocycles. The Kier molecular flexibility index (Phi) is 4.95. The van der Waals surface area contributed by atoms with Crippen LogP contribution in [0.3, 0.4) is 0 Å². The zero-order valence-electron chi connectivity index (χ0n) is 13.1. The van der Waals surface area contributed by atoms with Gasteiger partial charge in [-0.1, -0.05) is 11.6 Å². The van der Waals surface area contributed by atoms with Gasteiger partial charge >= 0.3 is 6.09 Å². The molecule has 1 aromatic heterocycles. The van der Waals surface area contributed by atoms with Crippen LogP contribution in [0.15, 0.2) is 36.5 Å². The van der Waals surface area contributed by atoms with E-state index in [-0.39, 0.29) is 0 Å². The maximum absolute atomic E-state index is 11.8. The molecule has 6 nitrogen and oxygen atoms in total. The van der Waals surface area contributed by atoms with Crippen LogP contribution in [0.2, 0.25) is 5.02 Å². The molecule has 122 valence electrons. The molecule has 0 saturated carbocycles. The number of pyridine rings is 1. The summed E-state index contributed by atoms with van der Waals surface area (Å²) in [4.78, 5) is 15.8. The zero-order chi connectivity index (χ0) is 17.0. The van der Waals surface area contributed by atoms with Crippen molar-refractivity contribution in [2.24, 2.45) is 0 Å². The first-order valence-corrected chi connectivity index (χ1v) is 7.30. The molecule has 0 aliphatic rings. The third kappa shape index (κ3) is 5.34. The molecule has 2 rings (SSSR count). The summed E-state index contributed by atoms with van der Waals surface area (Å²) in [5.41, 5.74) is 5.32. The summed E-state index contributed by atoms with van der Waals surface area (Å²) >= 11 is 6.08. The molecule has 3 N–H and O–H groups in total. The number of carbonyl (C=O) groups is 1. The lowest BCUT2D eigenvalue weighted by atomic mass is 10.2. The highest BCUT2D eigenvalue weighted by atomic mass is 35.5. The Morgan fingerprint density at radius 3 is 2.52 bits per heavy atom. The van der Waals surface area contributed by atoms with E-state index in [0.717, 1.165) is 0 Å². The number of amides is 1. The highest BCUT2D eigenvalue weighted by Gasteiger charge is 2.17. The summed E-state index contributed by atoms with van der Waals surface area (Å²) in [5.74, 6) is 1.41. The van der Waals surface area contributed by atoms with Crippen LogP contribution in [-0.2, 0) is 4.74 Å². The Bertz CT molecular complexity index is 697. The number of nitrogens with two attached hydrogens (primary N) is 1. The van der Waals surface area contributed by atoms with E-state index in [1.807, 2.05) is 0 Å². The van der Waals surface area contributed by atoms with E-state index < -0.39 is 11.7 Å². The average Bonchev–Trinajstić information content (AvgIpc) is 2.43. The van der Waals surface area contributed by atoms with Crippen LogP contribution in [0.4, 0.5) is 16.3 Å². The normalized spacial score (nSPS) is 11.0. The number of ether oxygens (including phenoxy) is 2. The molecule has 0 fully saturated rings. The van der Waals surface area contributed by atoms with E-state index in [1.54, 1.807) is 51.1 Å². The second-order valence-electron chi connectivity index (χ2n) is 5.79. The summed E-state index contributed by atoms with van der Waals surface area (Å²) < 4.78 is 10.8. The first-order chi connectivity index (χ1) is 10.7. The fourth-order valence-electron chi connectivity index (χ4n) is 1.67. The number of hydrogen-bond acceptors (Lipinski definition) is 5. The first-order valence-electron chi connectivity index (χ1n) is 6.92. The second kappa shape index (κ2) is 6.75. The van der Waals surface area contributed by atoms with Crippen molar-refractivity contribution in [1.29, 1.82) is 0 Å². The van der Waals surface area contributed by atoms with Crippen molar-refractivity contribution < 1.29 is 14.3 Å². The molecule has 2 aromatic rings. The van der Waals surface area contributed by atoms with Crippen molar-refractivity contribution in [3.8, 4) is 11.5 Å². The Morgan fingerprint density at radius 1 is 1.22 bits per heavy atom. The summed E-state index contributed by atoms with van der Waals surface area (Å²) in [7, 11) is 0. The van der Waals surface area contributed by atoms with E-state index in [9.17, 15) is 4.79 Å². The van der Waals surface area contributed by atoms with Crippen LogP contribution in [0.1, 0.15) is 20.8 Å².